The zero-order valence-electron chi connectivity index (χ0n) is 14.9. The zero-order chi connectivity index (χ0) is 17.6. The number of carbonyl (C=O) groups excluding carboxylic acids is 1. The van der Waals surface area contributed by atoms with Crippen LogP contribution in [0, 0.1) is 5.92 Å². The molecule has 0 saturated carbocycles. The van der Waals surface area contributed by atoms with Gasteiger partial charge < -0.3 is 14.6 Å². The second-order valence-corrected chi connectivity index (χ2v) is 6.82. The van der Waals surface area contributed by atoms with Crippen molar-refractivity contribution in [1.29, 1.82) is 0 Å². The van der Waals surface area contributed by atoms with Gasteiger partial charge in [0.1, 0.15) is 5.82 Å². The molecule has 1 aliphatic rings. The summed E-state index contributed by atoms with van der Waals surface area (Å²) in [6, 6.07) is 8.11. The summed E-state index contributed by atoms with van der Waals surface area (Å²) in [6.07, 6.45) is 7.21. The summed E-state index contributed by atoms with van der Waals surface area (Å²) < 4.78 is 2.08. The topological polar surface area (TPSA) is 58.4 Å². The molecular weight excluding hydrogens is 314 g/mol. The van der Waals surface area contributed by atoms with Gasteiger partial charge in [0, 0.05) is 44.9 Å². The second kappa shape index (κ2) is 8.30. The molecule has 0 bridgehead atoms. The minimum absolute atomic E-state index is 0.0805. The van der Waals surface area contributed by atoms with Crippen molar-refractivity contribution in [2.75, 3.05) is 13.1 Å². The zero-order valence-corrected chi connectivity index (χ0v) is 14.9. The maximum absolute atomic E-state index is 12.5. The fourth-order valence-corrected chi connectivity index (χ4v) is 3.65. The third-order valence-electron chi connectivity index (χ3n) is 5.02. The van der Waals surface area contributed by atoms with Crippen molar-refractivity contribution < 1.29 is 9.90 Å². The highest BCUT2D eigenvalue weighted by Gasteiger charge is 2.26. The highest BCUT2D eigenvalue weighted by molar-refractivity contribution is 5.76. The normalized spacial score (nSPS) is 17.2. The Morgan fingerprint density at radius 1 is 1.36 bits per heavy atom. The fourth-order valence-electron chi connectivity index (χ4n) is 3.65. The van der Waals surface area contributed by atoms with Gasteiger partial charge in [-0.3, -0.25) is 4.79 Å². The average Bonchev–Trinajstić information content (AvgIpc) is 3.28. The molecule has 0 spiro atoms. The highest BCUT2D eigenvalue weighted by Crippen LogP contribution is 2.22. The van der Waals surface area contributed by atoms with Crippen LogP contribution >= 0.6 is 0 Å². The number of aliphatic hydroxyl groups is 1. The first-order valence-electron chi connectivity index (χ1n) is 9.16. The quantitative estimate of drug-likeness (QED) is 0.841. The van der Waals surface area contributed by atoms with E-state index in [4.69, 9.17) is 0 Å². The molecule has 1 fully saturated rings. The molecule has 1 atom stereocenters. The van der Waals surface area contributed by atoms with Crippen molar-refractivity contribution in [3.8, 4) is 0 Å². The third-order valence-corrected chi connectivity index (χ3v) is 5.02. The molecule has 2 aromatic rings. The summed E-state index contributed by atoms with van der Waals surface area (Å²) in [4.78, 5) is 18.8. The average molecular weight is 341 g/mol. The van der Waals surface area contributed by atoms with Gasteiger partial charge in [-0.25, -0.2) is 4.98 Å². The SMILES string of the molecule is CCc1nccn1CCC(=O)N1CC[C@@H](Cc2cccc(CO)c2)C1. The van der Waals surface area contributed by atoms with E-state index in [0.717, 1.165) is 43.7 Å². The Bertz CT molecular complexity index is 710. The van der Waals surface area contributed by atoms with E-state index in [0.29, 0.717) is 18.9 Å². The van der Waals surface area contributed by atoms with Gasteiger partial charge in [0.15, 0.2) is 0 Å². The van der Waals surface area contributed by atoms with E-state index < -0.39 is 0 Å². The van der Waals surface area contributed by atoms with Crippen molar-refractivity contribution in [2.45, 2.75) is 45.8 Å². The van der Waals surface area contributed by atoms with Crippen molar-refractivity contribution >= 4 is 5.91 Å². The molecule has 1 aliphatic heterocycles. The molecule has 2 heterocycles. The van der Waals surface area contributed by atoms with E-state index in [1.165, 1.54) is 5.56 Å². The van der Waals surface area contributed by atoms with Gasteiger partial charge in [-0.05, 0) is 29.9 Å². The minimum atomic E-state index is 0.0805. The van der Waals surface area contributed by atoms with Gasteiger partial charge >= 0.3 is 0 Å². The summed E-state index contributed by atoms with van der Waals surface area (Å²) in [7, 11) is 0. The third kappa shape index (κ3) is 4.48. The lowest BCUT2D eigenvalue weighted by molar-refractivity contribution is -0.130. The van der Waals surface area contributed by atoms with Crippen LogP contribution in [-0.4, -0.2) is 38.6 Å². The molecular formula is C20H27N3O2. The van der Waals surface area contributed by atoms with Crippen LogP contribution in [0.3, 0.4) is 0 Å². The number of nitrogens with zero attached hydrogens (tertiary/aromatic N) is 3. The number of benzene rings is 1. The summed E-state index contributed by atoms with van der Waals surface area (Å²) in [5.41, 5.74) is 2.20. The Kier molecular flexibility index (Phi) is 5.87. The van der Waals surface area contributed by atoms with Gasteiger partial charge in [-0.15, -0.1) is 0 Å². The Labute approximate surface area is 149 Å². The molecule has 1 aromatic carbocycles. The maximum Gasteiger partial charge on any atom is 0.224 e. The molecule has 134 valence electrons. The van der Waals surface area contributed by atoms with E-state index in [2.05, 4.69) is 28.6 Å². The number of aromatic nitrogens is 2. The summed E-state index contributed by atoms with van der Waals surface area (Å²) in [5.74, 6) is 1.79. The Morgan fingerprint density at radius 2 is 2.20 bits per heavy atom. The Balaban J connectivity index is 1.49. The van der Waals surface area contributed by atoms with Crippen LogP contribution in [0.5, 0.6) is 0 Å². The molecule has 1 N–H and O–H groups in total. The molecule has 0 unspecified atom stereocenters. The standard InChI is InChI=1S/C20H27N3O2/c1-2-19-21-8-11-22(19)10-7-20(25)23-9-6-17(14-23)12-16-4-3-5-18(13-16)15-24/h3-5,8,11,13,17,24H,2,6-7,9-10,12,14-15H2,1H3/t17-/m0/s1. The number of rotatable bonds is 7. The van der Waals surface area contributed by atoms with Gasteiger partial charge in [-0.2, -0.15) is 0 Å². The summed E-state index contributed by atoms with van der Waals surface area (Å²) in [5, 5.41) is 9.25. The Hall–Kier alpha value is -2.14. The maximum atomic E-state index is 12.5. The number of carbonyl (C=O) groups is 1. The first-order valence-corrected chi connectivity index (χ1v) is 9.16. The van der Waals surface area contributed by atoms with E-state index in [-0.39, 0.29) is 12.5 Å². The van der Waals surface area contributed by atoms with Crippen LogP contribution in [0.15, 0.2) is 36.7 Å². The van der Waals surface area contributed by atoms with E-state index in [1.54, 1.807) is 6.20 Å². The fraction of sp³-hybridized carbons (Fsp3) is 0.500. The number of amides is 1. The molecule has 5 heteroatoms. The monoisotopic (exact) mass is 341 g/mol. The molecule has 0 aliphatic carbocycles. The lowest BCUT2D eigenvalue weighted by atomic mass is 9.97. The van der Waals surface area contributed by atoms with Crippen molar-refractivity contribution in [3.05, 3.63) is 53.6 Å². The van der Waals surface area contributed by atoms with E-state index in [9.17, 15) is 9.90 Å². The van der Waals surface area contributed by atoms with E-state index in [1.807, 2.05) is 23.2 Å². The van der Waals surface area contributed by atoms with Crippen LogP contribution in [0.25, 0.3) is 0 Å². The molecule has 3 rings (SSSR count). The first-order chi connectivity index (χ1) is 12.2. The highest BCUT2D eigenvalue weighted by atomic mass is 16.3. The lowest BCUT2D eigenvalue weighted by Crippen LogP contribution is -2.29. The largest absolute Gasteiger partial charge is 0.392 e. The predicted molar refractivity (Wildman–Crippen MR) is 97.0 cm³/mol. The van der Waals surface area contributed by atoms with E-state index >= 15 is 0 Å². The van der Waals surface area contributed by atoms with Gasteiger partial charge in [0.2, 0.25) is 5.91 Å². The number of aliphatic hydroxyl groups excluding tert-OH is 1. The molecule has 0 radical (unpaired) electrons. The van der Waals surface area contributed by atoms with Crippen LogP contribution in [0.2, 0.25) is 0 Å². The first kappa shape index (κ1) is 17.7. The molecule has 5 nitrogen and oxygen atoms in total. The van der Waals surface area contributed by atoms with Crippen LogP contribution in [0.4, 0.5) is 0 Å². The summed E-state index contributed by atoms with van der Waals surface area (Å²) >= 11 is 0. The number of hydrogen-bond donors (Lipinski definition) is 1. The number of imidazole rings is 1. The molecule has 1 aromatic heterocycles. The van der Waals surface area contributed by atoms with Gasteiger partial charge in [-0.1, -0.05) is 31.2 Å². The van der Waals surface area contributed by atoms with Crippen molar-refractivity contribution in [3.63, 3.8) is 0 Å². The van der Waals surface area contributed by atoms with Crippen molar-refractivity contribution in [2.24, 2.45) is 5.92 Å². The molecule has 1 saturated heterocycles. The minimum Gasteiger partial charge on any atom is -0.392 e. The number of hydrogen-bond acceptors (Lipinski definition) is 3. The summed E-state index contributed by atoms with van der Waals surface area (Å²) in [6.45, 7) is 4.57. The lowest BCUT2D eigenvalue weighted by Gasteiger charge is -2.17. The molecule has 1 amide bonds. The van der Waals surface area contributed by atoms with Crippen LogP contribution in [-0.2, 0) is 30.8 Å². The van der Waals surface area contributed by atoms with Gasteiger partial charge in [0.25, 0.3) is 0 Å². The van der Waals surface area contributed by atoms with Crippen LogP contribution < -0.4 is 0 Å². The van der Waals surface area contributed by atoms with Crippen molar-refractivity contribution in [1.82, 2.24) is 14.5 Å². The number of likely N-dealkylation sites (tertiary alicyclic amines) is 1. The van der Waals surface area contributed by atoms with Crippen LogP contribution in [0.1, 0.15) is 36.7 Å². The molecule has 25 heavy (non-hydrogen) atoms. The Morgan fingerprint density at radius 3 is 3.00 bits per heavy atom. The smallest absolute Gasteiger partial charge is 0.224 e. The number of aryl methyl sites for hydroxylation is 2. The second-order valence-electron chi connectivity index (χ2n) is 6.82. The predicted octanol–water partition coefficient (Wildman–Crippen LogP) is 2.42. The van der Waals surface area contributed by atoms with Gasteiger partial charge in [0.05, 0.1) is 6.61 Å².